The lowest BCUT2D eigenvalue weighted by Gasteiger charge is -2.23. The molecule has 3 aromatic rings. The number of amides is 1. The second kappa shape index (κ2) is 9.67. The molecule has 0 bridgehead atoms. The fourth-order valence-electron chi connectivity index (χ4n) is 3.79. The summed E-state index contributed by atoms with van der Waals surface area (Å²) in [6.07, 6.45) is 0. The number of nitrogens with zero attached hydrogens (tertiary/aromatic N) is 2. The first kappa shape index (κ1) is 24.1. The first-order valence-electron chi connectivity index (χ1n) is 10.6. The fraction of sp³-hybridized carbons (Fsp3) is 0.200. The molecule has 1 aromatic heterocycles. The summed E-state index contributed by atoms with van der Waals surface area (Å²) in [5.41, 5.74) is 0.829. The molecule has 0 unspecified atom stereocenters. The minimum atomic E-state index is -1.05. The van der Waals surface area contributed by atoms with Crippen molar-refractivity contribution in [2.24, 2.45) is 0 Å². The molecule has 180 valence electrons. The number of aryl methyl sites for hydroxylation is 1. The second-order valence-electron chi connectivity index (χ2n) is 7.58. The molecular formula is C25H21FN2O6S. The van der Waals surface area contributed by atoms with Crippen molar-refractivity contribution in [3.8, 4) is 5.75 Å². The number of thiazole rings is 1. The Morgan fingerprint density at radius 3 is 2.40 bits per heavy atom. The molecule has 1 N–H and O–H groups in total. The van der Waals surface area contributed by atoms with Crippen LogP contribution >= 0.6 is 11.3 Å². The topological polar surface area (TPSA) is 106 Å². The van der Waals surface area contributed by atoms with Crippen LogP contribution in [-0.2, 0) is 14.3 Å². The molecule has 1 amide bonds. The van der Waals surface area contributed by atoms with Gasteiger partial charge in [0, 0.05) is 5.56 Å². The fourth-order valence-corrected chi connectivity index (χ4v) is 4.80. The van der Waals surface area contributed by atoms with Crippen molar-refractivity contribution in [3.05, 3.63) is 81.6 Å². The third-order valence-electron chi connectivity index (χ3n) is 5.43. The first-order chi connectivity index (χ1) is 16.8. The van der Waals surface area contributed by atoms with Crippen LogP contribution in [0.3, 0.4) is 0 Å². The number of aliphatic hydroxyl groups excluding tert-OH is 1. The average molecular weight is 497 g/mol. The maximum Gasteiger partial charge on any atom is 0.350 e. The predicted octanol–water partition coefficient (Wildman–Crippen LogP) is 4.40. The number of carbonyl (C=O) groups is 3. The van der Waals surface area contributed by atoms with Crippen molar-refractivity contribution in [3.63, 3.8) is 0 Å². The summed E-state index contributed by atoms with van der Waals surface area (Å²) in [7, 11) is 1.23. The highest BCUT2D eigenvalue weighted by atomic mass is 32.1. The highest BCUT2D eigenvalue weighted by Crippen LogP contribution is 2.44. The molecular weight excluding hydrogens is 475 g/mol. The summed E-state index contributed by atoms with van der Waals surface area (Å²) in [4.78, 5) is 44.2. The van der Waals surface area contributed by atoms with Crippen LogP contribution in [-0.4, -0.2) is 41.5 Å². The van der Waals surface area contributed by atoms with Crippen molar-refractivity contribution in [1.82, 2.24) is 4.98 Å². The normalized spacial score (nSPS) is 17.0. The first-order valence-corrected chi connectivity index (χ1v) is 11.4. The van der Waals surface area contributed by atoms with Gasteiger partial charge < -0.3 is 14.6 Å². The third kappa shape index (κ3) is 4.40. The Morgan fingerprint density at radius 2 is 1.80 bits per heavy atom. The molecule has 1 aliphatic rings. The number of Topliss-reactive ketones (excluding diaryl/α,β-unsaturated/α-hetero) is 1. The van der Waals surface area contributed by atoms with Gasteiger partial charge in [-0.25, -0.2) is 14.2 Å². The summed E-state index contributed by atoms with van der Waals surface area (Å²) >= 11 is 0.905. The van der Waals surface area contributed by atoms with E-state index in [9.17, 15) is 23.9 Å². The highest BCUT2D eigenvalue weighted by molar-refractivity contribution is 7.17. The molecule has 0 spiro atoms. The number of methoxy groups -OCH3 is 1. The Labute approximate surface area is 204 Å². The summed E-state index contributed by atoms with van der Waals surface area (Å²) in [6.45, 7) is 3.89. The van der Waals surface area contributed by atoms with Crippen molar-refractivity contribution in [2.45, 2.75) is 19.9 Å². The van der Waals surface area contributed by atoms with Gasteiger partial charge in [-0.15, -0.1) is 0 Å². The van der Waals surface area contributed by atoms with Crippen molar-refractivity contribution in [1.29, 1.82) is 0 Å². The molecule has 1 aliphatic heterocycles. The number of ketones is 1. The van der Waals surface area contributed by atoms with Crippen molar-refractivity contribution >= 4 is 39.9 Å². The van der Waals surface area contributed by atoms with Gasteiger partial charge in [0.25, 0.3) is 5.78 Å². The van der Waals surface area contributed by atoms with Gasteiger partial charge in [-0.2, -0.15) is 0 Å². The molecule has 1 atom stereocenters. The summed E-state index contributed by atoms with van der Waals surface area (Å²) in [6, 6.07) is 10.6. The Kier molecular flexibility index (Phi) is 6.65. The zero-order chi connectivity index (χ0) is 25.3. The van der Waals surface area contributed by atoms with Gasteiger partial charge in [0.05, 0.1) is 31.0 Å². The van der Waals surface area contributed by atoms with E-state index in [2.05, 4.69) is 4.98 Å². The van der Waals surface area contributed by atoms with E-state index < -0.39 is 35.3 Å². The predicted molar refractivity (Wildman–Crippen MR) is 127 cm³/mol. The molecule has 2 heterocycles. The van der Waals surface area contributed by atoms with E-state index in [4.69, 9.17) is 9.47 Å². The van der Waals surface area contributed by atoms with Gasteiger partial charge in [-0.3, -0.25) is 14.5 Å². The van der Waals surface area contributed by atoms with Crippen LogP contribution in [0.5, 0.6) is 5.75 Å². The second-order valence-corrected chi connectivity index (χ2v) is 8.56. The van der Waals surface area contributed by atoms with E-state index in [0.29, 0.717) is 23.6 Å². The van der Waals surface area contributed by atoms with Gasteiger partial charge >= 0.3 is 11.9 Å². The third-order valence-corrected chi connectivity index (χ3v) is 6.57. The van der Waals surface area contributed by atoms with E-state index in [1.807, 2.05) is 6.92 Å². The maximum atomic E-state index is 13.4. The number of aromatic nitrogens is 1. The molecule has 8 nitrogen and oxygen atoms in total. The van der Waals surface area contributed by atoms with Crippen LogP contribution in [0.15, 0.2) is 54.1 Å². The Hall–Kier alpha value is -4.05. The number of anilines is 1. The quantitative estimate of drug-likeness (QED) is 0.233. The number of hydrogen-bond donors (Lipinski definition) is 1. The Morgan fingerprint density at radius 1 is 1.14 bits per heavy atom. The standard InChI is InChI=1S/C25H21FN2O6S/c1-4-34-17-11-7-14(8-12-17)19-18(20(29)15-5-9-16(26)10-6-15)21(30)23(31)28(19)25-27-13(2)22(35-25)24(32)33-3/h5-12,19,29H,4H2,1-3H3/t19-/m1/s1. The molecule has 0 saturated carbocycles. The summed E-state index contributed by atoms with van der Waals surface area (Å²) in [5.74, 6) is -2.85. The SMILES string of the molecule is CCOc1ccc([C@@H]2C(=C(O)c3ccc(F)cc3)C(=O)C(=O)N2c2nc(C)c(C(=O)OC)s2)cc1. The van der Waals surface area contributed by atoms with Gasteiger partial charge in [0.1, 0.15) is 22.2 Å². The number of esters is 1. The highest BCUT2D eigenvalue weighted by Gasteiger charge is 2.48. The number of carbonyl (C=O) groups excluding carboxylic acids is 3. The zero-order valence-corrected chi connectivity index (χ0v) is 19.9. The van der Waals surface area contributed by atoms with Crippen LogP contribution in [0.2, 0.25) is 0 Å². The minimum absolute atomic E-state index is 0.0991. The average Bonchev–Trinajstić information content (AvgIpc) is 3.36. The monoisotopic (exact) mass is 496 g/mol. The van der Waals surface area contributed by atoms with Gasteiger partial charge in [0.15, 0.2) is 5.13 Å². The van der Waals surface area contributed by atoms with Crippen LogP contribution in [0.4, 0.5) is 9.52 Å². The zero-order valence-electron chi connectivity index (χ0n) is 19.1. The van der Waals surface area contributed by atoms with Crippen molar-refractivity contribution in [2.75, 3.05) is 18.6 Å². The van der Waals surface area contributed by atoms with E-state index in [1.165, 1.54) is 19.2 Å². The number of benzene rings is 2. The van der Waals surface area contributed by atoms with Gasteiger partial charge in [-0.05, 0) is 55.8 Å². The van der Waals surface area contributed by atoms with Crippen LogP contribution < -0.4 is 9.64 Å². The van der Waals surface area contributed by atoms with E-state index >= 15 is 0 Å². The lowest BCUT2D eigenvalue weighted by Crippen LogP contribution is -2.29. The number of ether oxygens (including phenoxy) is 2. The minimum Gasteiger partial charge on any atom is -0.507 e. The number of hydrogen-bond acceptors (Lipinski definition) is 8. The Bertz CT molecular complexity index is 1330. The van der Waals surface area contributed by atoms with E-state index in [1.54, 1.807) is 31.2 Å². The molecule has 0 aliphatic carbocycles. The number of rotatable bonds is 6. The van der Waals surface area contributed by atoms with Gasteiger partial charge in [-0.1, -0.05) is 23.5 Å². The van der Waals surface area contributed by atoms with Gasteiger partial charge in [0.2, 0.25) is 0 Å². The largest absolute Gasteiger partial charge is 0.507 e. The van der Waals surface area contributed by atoms with E-state index in [-0.39, 0.29) is 21.1 Å². The molecule has 10 heteroatoms. The van der Waals surface area contributed by atoms with Crippen LogP contribution in [0.1, 0.15) is 39.5 Å². The molecule has 4 rings (SSSR count). The number of aliphatic hydroxyl groups is 1. The summed E-state index contributed by atoms with van der Waals surface area (Å²) < 4.78 is 23.7. The molecule has 0 radical (unpaired) electrons. The summed E-state index contributed by atoms with van der Waals surface area (Å²) in [5, 5.41) is 11.2. The molecule has 1 saturated heterocycles. The van der Waals surface area contributed by atoms with E-state index in [0.717, 1.165) is 28.4 Å². The van der Waals surface area contributed by atoms with Crippen molar-refractivity contribution < 1.29 is 33.4 Å². The lowest BCUT2D eigenvalue weighted by atomic mass is 9.95. The Balaban J connectivity index is 1.90. The number of halogens is 1. The molecule has 1 fully saturated rings. The van der Waals surface area contributed by atoms with Crippen LogP contribution in [0, 0.1) is 12.7 Å². The molecule has 2 aromatic carbocycles. The smallest absolute Gasteiger partial charge is 0.350 e. The molecule has 35 heavy (non-hydrogen) atoms. The van der Waals surface area contributed by atoms with Crippen LogP contribution in [0.25, 0.3) is 5.76 Å². The lowest BCUT2D eigenvalue weighted by molar-refractivity contribution is -0.132. The maximum absolute atomic E-state index is 13.4.